The number of imide groups is 1. The van der Waals surface area contributed by atoms with Crippen LogP contribution in [0.3, 0.4) is 0 Å². The molecule has 8 unspecified atom stereocenters. The third-order valence-corrected chi connectivity index (χ3v) is 22.9. The molecule has 2 saturated carbocycles. The predicted molar refractivity (Wildman–Crippen MR) is 388 cm³/mol. The fraction of sp³-hybridized carbons (Fsp3) is 0.819. The zero-order chi connectivity index (χ0) is 64.9. The maximum Gasteiger partial charge on any atom is 0.258 e. The molecule has 3 amide bonds. The highest BCUT2D eigenvalue weighted by Crippen LogP contribution is 2.50. The van der Waals surface area contributed by atoms with E-state index >= 15 is 0 Å². The van der Waals surface area contributed by atoms with Crippen LogP contribution in [0.2, 0.25) is 0 Å². The van der Waals surface area contributed by atoms with E-state index < -0.39 is 0 Å². The van der Waals surface area contributed by atoms with Crippen LogP contribution in [0.25, 0.3) is 0 Å². The van der Waals surface area contributed by atoms with Crippen molar-refractivity contribution in [1.82, 2.24) is 9.47 Å². The summed E-state index contributed by atoms with van der Waals surface area (Å²) in [5, 5.41) is 23.2. The third kappa shape index (κ3) is 29.5. The highest BCUT2D eigenvalue weighted by molar-refractivity contribution is 6.12. The molecule has 8 atom stereocenters. The molecule has 0 saturated heterocycles. The first-order valence-corrected chi connectivity index (χ1v) is 40.2. The van der Waals surface area contributed by atoms with Crippen molar-refractivity contribution in [1.29, 1.82) is 0 Å². The minimum absolute atomic E-state index is 0.00398. The number of carbonyl (C=O) groups is 3. The second-order valence-corrected chi connectivity index (χ2v) is 29.9. The van der Waals surface area contributed by atoms with Crippen molar-refractivity contribution in [2.45, 2.75) is 375 Å². The molecule has 0 bridgehead atoms. The molecule has 0 spiro atoms. The van der Waals surface area contributed by atoms with Crippen LogP contribution < -0.4 is 4.90 Å². The van der Waals surface area contributed by atoms with E-state index in [0.717, 1.165) is 98.7 Å². The molecular formula is C83H143N3O5. The van der Waals surface area contributed by atoms with Gasteiger partial charge in [-0.05, 0) is 130 Å². The van der Waals surface area contributed by atoms with Gasteiger partial charge in [0.25, 0.3) is 17.7 Å². The van der Waals surface area contributed by atoms with E-state index in [1.807, 2.05) is 30.3 Å². The standard InChI is InChI=1S/C83H143N3O5/c1-6-11-16-20-29-42-56-75-70(50-37-18-13-8-3)60-59-69(49-15-10-5)74(75)55-44-31-23-26-33-46-65-84(82(90)73-53-40-36-41-54-73)78-68-81(89)86(83(78)91)67-48-35-27-24-32-45-58-77-72(52-39-28-22-25-34-47-66-85-79(87)63-64-80(85)88)62-61-71(51-38-19-14-9-4)76(77)57-43-30-21-17-12-7-2/h36,40-41,53-54,63-64,68-72,74-77,89,91H,6-35,37-39,42-52,55-62,65-67H2,1-5H3. The Balaban J connectivity index is 1.10. The Labute approximate surface area is 560 Å². The smallest absolute Gasteiger partial charge is 0.258 e. The number of rotatable bonds is 56. The lowest BCUT2D eigenvalue weighted by Crippen LogP contribution is -2.35. The number of aromatic nitrogens is 1. The van der Waals surface area contributed by atoms with E-state index in [9.17, 15) is 24.6 Å². The lowest BCUT2D eigenvalue weighted by atomic mass is 9.61. The van der Waals surface area contributed by atoms with Gasteiger partial charge in [0.15, 0.2) is 5.88 Å². The highest BCUT2D eigenvalue weighted by Gasteiger charge is 2.39. The Morgan fingerprint density at radius 3 is 1.11 bits per heavy atom. The van der Waals surface area contributed by atoms with Gasteiger partial charge in [0, 0.05) is 43.4 Å². The van der Waals surface area contributed by atoms with Crippen LogP contribution in [-0.2, 0) is 16.1 Å². The first-order chi connectivity index (χ1) is 44.7. The van der Waals surface area contributed by atoms with Crippen LogP contribution in [0.15, 0.2) is 48.6 Å². The summed E-state index contributed by atoms with van der Waals surface area (Å²) in [6, 6.07) is 11.1. The number of unbranched alkanes of at least 4 members (excludes halogenated alkanes) is 32. The largest absolute Gasteiger partial charge is 0.494 e. The van der Waals surface area contributed by atoms with E-state index in [2.05, 4.69) is 34.6 Å². The van der Waals surface area contributed by atoms with Gasteiger partial charge in [-0.1, -0.05) is 316 Å². The molecule has 91 heavy (non-hydrogen) atoms. The summed E-state index contributed by atoms with van der Waals surface area (Å²) in [6.07, 6.45) is 71.4. The number of nitrogens with zero attached hydrogens (tertiary/aromatic N) is 3. The summed E-state index contributed by atoms with van der Waals surface area (Å²) in [6.45, 7) is 13.3. The predicted octanol–water partition coefficient (Wildman–Crippen LogP) is 24.8. The zero-order valence-electron chi connectivity index (χ0n) is 60.1. The van der Waals surface area contributed by atoms with Gasteiger partial charge in [0.05, 0.1) is 0 Å². The van der Waals surface area contributed by atoms with Gasteiger partial charge in [-0.3, -0.25) is 23.9 Å². The number of anilines is 1. The summed E-state index contributed by atoms with van der Waals surface area (Å²) in [5.41, 5.74) is 1.03. The van der Waals surface area contributed by atoms with Crippen molar-refractivity contribution < 1.29 is 24.6 Å². The van der Waals surface area contributed by atoms with Crippen molar-refractivity contribution in [2.75, 3.05) is 18.0 Å². The Morgan fingerprint density at radius 2 is 0.714 bits per heavy atom. The molecule has 1 aromatic carbocycles. The topological polar surface area (TPSA) is 103 Å². The van der Waals surface area contributed by atoms with E-state index in [0.29, 0.717) is 30.9 Å². The molecule has 3 aliphatic rings. The Morgan fingerprint density at radius 1 is 0.396 bits per heavy atom. The van der Waals surface area contributed by atoms with Crippen molar-refractivity contribution in [3.05, 3.63) is 54.1 Å². The molecule has 1 aliphatic heterocycles. The van der Waals surface area contributed by atoms with E-state index in [-0.39, 0.29) is 29.5 Å². The molecule has 1 aromatic heterocycles. The van der Waals surface area contributed by atoms with Gasteiger partial charge in [-0.15, -0.1) is 0 Å². The first-order valence-electron chi connectivity index (χ1n) is 40.2. The van der Waals surface area contributed by atoms with Gasteiger partial charge >= 0.3 is 0 Å². The minimum atomic E-state index is -0.156. The summed E-state index contributed by atoms with van der Waals surface area (Å²) in [7, 11) is 0. The number of aromatic hydroxyl groups is 2. The van der Waals surface area contributed by atoms with Gasteiger partial charge < -0.3 is 15.1 Å². The van der Waals surface area contributed by atoms with Crippen molar-refractivity contribution in [2.24, 2.45) is 47.3 Å². The summed E-state index contributed by atoms with van der Waals surface area (Å²) < 4.78 is 1.64. The monoisotopic (exact) mass is 1260 g/mol. The van der Waals surface area contributed by atoms with Gasteiger partial charge in [0.2, 0.25) is 5.88 Å². The average Bonchev–Trinajstić information content (AvgIpc) is 1.98. The highest BCUT2D eigenvalue weighted by atomic mass is 16.3. The summed E-state index contributed by atoms with van der Waals surface area (Å²) >= 11 is 0. The van der Waals surface area contributed by atoms with E-state index in [1.165, 1.54) is 300 Å². The fourth-order valence-electron chi connectivity index (χ4n) is 17.5. The summed E-state index contributed by atoms with van der Waals surface area (Å²) in [4.78, 5) is 41.4. The maximum atomic E-state index is 14.3. The Hall–Kier alpha value is -3.55. The molecule has 0 radical (unpaired) electrons. The van der Waals surface area contributed by atoms with Gasteiger partial charge in [-0.25, -0.2) is 0 Å². The Bertz CT molecular complexity index is 2170. The molecule has 2 aromatic rings. The van der Waals surface area contributed by atoms with Crippen LogP contribution in [0.5, 0.6) is 11.8 Å². The maximum absolute atomic E-state index is 14.3. The fourth-order valence-corrected chi connectivity index (χ4v) is 17.5. The van der Waals surface area contributed by atoms with Crippen LogP contribution in [-0.4, -0.2) is 50.5 Å². The second-order valence-electron chi connectivity index (χ2n) is 29.9. The van der Waals surface area contributed by atoms with Crippen molar-refractivity contribution >= 4 is 23.4 Å². The molecule has 5 rings (SSSR count). The molecule has 2 heterocycles. The molecule has 2 fully saturated rings. The molecule has 2 N–H and O–H groups in total. The molecule has 2 aliphatic carbocycles. The van der Waals surface area contributed by atoms with Crippen LogP contribution in [0.1, 0.15) is 379 Å². The van der Waals surface area contributed by atoms with Crippen molar-refractivity contribution in [3.63, 3.8) is 0 Å². The third-order valence-electron chi connectivity index (χ3n) is 22.9. The Kier molecular flexibility index (Phi) is 42.1. The lowest BCUT2D eigenvalue weighted by molar-refractivity contribution is -0.136. The normalized spacial score (nSPS) is 21.0. The second kappa shape index (κ2) is 49.0. The number of amides is 3. The summed E-state index contributed by atoms with van der Waals surface area (Å²) in [5.74, 6) is 6.79. The van der Waals surface area contributed by atoms with Crippen LogP contribution in [0.4, 0.5) is 5.69 Å². The van der Waals surface area contributed by atoms with Crippen molar-refractivity contribution in [3.8, 4) is 11.8 Å². The van der Waals surface area contributed by atoms with Crippen LogP contribution >= 0.6 is 0 Å². The number of carbonyl (C=O) groups excluding carboxylic acids is 3. The SMILES string of the molecule is CCCCCCCCC1C(CCCCCC)CCC(CCCC)C1CCCCCCCCN(C(=O)c1ccccc1)c1cc(O)n(CCCCCCCCC2C(CCCCCCCCN3C(=O)C=CC3=O)CCC(CCCCCC)C2CCCCCCCC)c1O. The number of hydrogen-bond donors (Lipinski definition) is 2. The number of hydrogen-bond acceptors (Lipinski definition) is 5. The van der Waals surface area contributed by atoms with Crippen LogP contribution in [0, 0.1) is 47.3 Å². The molecular weight excluding hydrogens is 1120 g/mol. The zero-order valence-corrected chi connectivity index (χ0v) is 60.1. The number of benzene rings is 1. The minimum Gasteiger partial charge on any atom is -0.494 e. The van der Waals surface area contributed by atoms with Gasteiger partial charge in [0.1, 0.15) is 5.69 Å². The lowest BCUT2D eigenvalue weighted by Gasteiger charge is -2.44. The van der Waals surface area contributed by atoms with Gasteiger partial charge in [-0.2, -0.15) is 0 Å². The average molecular weight is 1260 g/mol. The van der Waals surface area contributed by atoms with E-state index in [4.69, 9.17) is 0 Å². The molecule has 8 heteroatoms. The molecule has 8 nitrogen and oxygen atoms in total. The first kappa shape index (κ1) is 78.1. The quantitative estimate of drug-likeness (QED) is 0.0507. The molecule has 520 valence electrons. The van der Waals surface area contributed by atoms with E-state index in [1.54, 1.807) is 15.5 Å².